The molecule has 1 aromatic heterocycles. The van der Waals surface area contributed by atoms with E-state index in [1.165, 1.54) is 0 Å². The second kappa shape index (κ2) is 4.80. The fourth-order valence-electron chi connectivity index (χ4n) is 1.18. The molecule has 0 saturated carbocycles. The van der Waals surface area contributed by atoms with E-state index in [1.54, 1.807) is 12.3 Å². The number of halogens is 2. The van der Waals surface area contributed by atoms with Gasteiger partial charge in [-0.05, 0) is 52.2 Å². The van der Waals surface area contributed by atoms with E-state index in [0.29, 0.717) is 11.6 Å². The van der Waals surface area contributed by atoms with Gasteiger partial charge in [-0.25, -0.2) is 4.98 Å². The van der Waals surface area contributed by atoms with Crippen LogP contribution in [0.1, 0.15) is 5.56 Å². The number of aryl methyl sites for hydroxylation is 1. The van der Waals surface area contributed by atoms with Crippen LogP contribution in [0.2, 0.25) is 5.28 Å². The van der Waals surface area contributed by atoms with E-state index in [2.05, 4.69) is 25.9 Å². The summed E-state index contributed by atoms with van der Waals surface area (Å²) in [5.74, 6) is 1.12. The van der Waals surface area contributed by atoms with Crippen molar-refractivity contribution in [3.8, 4) is 11.6 Å². The first-order chi connectivity index (χ1) is 7.65. The van der Waals surface area contributed by atoms with Gasteiger partial charge in [0.1, 0.15) is 5.75 Å². The van der Waals surface area contributed by atoms with E-state index in [0.717, 1.165) is 10.0 Å². The van der Waals surface area contributed by atoms with Gasteiger partial charge in [-0.1, -0.05) is 6.07 Å². The van der Waals surface area contributed by atoms with Crippen LogP contribution in [0, 0.1) is 6.92 Å². The molecule has 16 heavy (non-hydrogen) atoms. The summed E-state index contributed by atoms with van der Waals surface area (Å²) in [4.78, 5) is 7.72. The Kier molecular flexibility index (Phi) is 3.41. The van der Waals surface area contributed by atoms with Gasteiger partial charge in [0.25, 0.3) is 0 Å². The second-order valence-corrected chi connectivity index (χ2v) is 4.39. The summed E-state index contributed by atoms with van der Waals surface area (Å²) in [6.07, 6.45) is 1.55. The molecule has 0 saturated heterocycles. The summed E-state index contributed by atoms with van der Waals surface area (Å²) in [5.41, 5.74) is 1.15. The van der Waals surface area contributed by atoms with Crippen molar-refractivity contribution >= 4 is 27.5 Å². The lowest BCUT2D eigenvalue weighted by atomic mass is 10.2. The van der Waals surface area contributed by atoms with Crippen LogP contribution in [0.15, 0.2) is 34.9 Å². The molecule has 3 nitrogen and oxygen atoms in total. The molecule has 0 fully saturated rings. The van der Waals surface area contributed by atoms with Gasteiger partial charge < -0.3 is 4.74 Å². The molecule has 0 aliphatic carbocycles. The molecule has 1 aromatic carbocycles. The van der Waals surface area contributed by atoms with Gasteiger partial charge in [-0.15, -0.1) is 0 Å². The zero-order valence-electron chi connectivity index (χ0n) is 8.45. The van der Waals surface area contributed by atoms with Crippen molar-refractivity contribution in [1.82, 2.24) is 9.97 Å². The van der Waals surface area contributed by atoms with E-state index in [4.69, 9.17) is 16.3 Å². The summed E-state index contributed by atoms with van der Waals surface area (Å²) in [6, 6.07) is 7.45. The largest absolute Gasteiger partial charge is 0.438 e. The zero-order valence-corrected chi connectivity index (χ0v) is 10.8. The second-order valence-electron chi connectivity index (χ2n) is 3.20. The van der Waals surface area contributed by atoms with Crippen molar-refractivity contribution < 1.29 is 4.74 Å². The van der Waals surface area contributed by atoms with E-state index in [-0.39, 0.29) is 5.28 Å². The van der Waals surface area contributed by atoms with Gasteiger partial charge in [0.15, 0.2) is 0 Å². The first kappa shape index (κ1) is 11.4. The number of rotatable bonds is 2. The van der Waals surface area contributed by atoms with Crippen LogP contribution in [0.5, 0.6) is 11.6 Å². The minimum atomic E-state index is 0.167. The number of hydrogen-bond donors (Lipinski definition) is 0. The third-order valence-electron chi connectivity index (χ3n) is 1.90. The van der Waals surface area contributed by atoms with Gasteiger partial charge in [-0.2, -0.15) is 4.98 Å². The maximum absolute atomic E-state index is 5.66. The highest BCUT2D eigenvalue weighted by atomic mass is 79.9. The highest BCUT2D eigenvalue weighted by molar-refractivity contribution is 9.10. The minimum absolute atomic E-state index is 0.167. The molecular weight excluding hydrogens is 291 g/mol. The Morgan fingerprint density at radius 1 is 1.31 bits per heavy atom. The van der Waals surface area contributed by atoms with Gasteiger partial charge in [0.05, 0.1) is 4.47 Å². The monoisotopic (exact) mass is 298 g/mol. The van der Waals surface area contributed by atoms with Crippen LogP contribution in [-0.4, -0.2) is 9.97 Å². The Hall–Kier alpha value is -1.13. The number of ether oxygens (including phenoxy) is 1. The van der Waals surface area contributed by atoms with Crippen LogP contribution >= 0.6 is 27.5 Å². The number of nitrogens with zero attached hydrogens (tertiary/aromatic N) is 2. The molecule has 5 heteroatoms. The molecule has 0 radical (unpaired) electrons. The Morgan fingerprint density at radius 2 is 2.12 bits per heavy atom. The molecule has 2 aromatic rings. The van der Waals surface area contributed by atoms with E-state index < -0.39 is 0 Å². The lowest BCUT2D eigenvalue weighted by Crippen LogP contribution is -1.90. The average molecular weight is 300 g/mol. The molecule has 0 spiro atoms. The number of hydrogen-bond acceptors (Lipinski definition) is 3. The molecular formula is C11H8BrClN2O. The lowest BCUT2D eigenvalue weighted by molar-refractivity contribution is 0.458. The van der Waals surface area contributed by atoms with Crippen molar-refractivity contribution in [3.05, 3.63) is 45.8 Å². The van der Waals surface area contributed by atoms with Crippen molar-refractivity contribution in [2.24, 2.45) is 0 Å². The lowest BCUT2D eigenvalue weighted by Gasteiger charge is -2.07. The van der Waals surface area contributed by atoms with Crippen molar-refractivity contribution in [1.29, 1.82) is 0 Å². The van der Waals surface area contributed by atoms with Crippen LogP contribution in [-0.2, 0) is 0 Å². The summed E-state index contributed by atoms with van der Waals surface area (Å²) in [6.45, 7) is 2.01. The molecule has 0 aliphatic rings. The Labute approximate surface area is 107 Å². The molecule has 0 aliphatic heterocycles. The van der Waals surface area contributed by atoms with Crippen molar-refractivity contribution in [3.63, 3.8) is 0 Å². The third kappa shape index (κ3) is 2.71. The normalized spacial score (nSPS) is 10.2. The standard InChI is InChI=1S/C11H8BrClN2O/c1-7-2-3-9(8(12)6-7)16-10-4-5-14-11(13)15-10/h2-6H,1H3. The fraction of sp³-hybridized carbons (Fsp3) is 0.0909. The van der Waals surface area contributed by atoms with Gasteiger partial charge in [0, 0.05) is 12.3 Å². The highest BCUT2D eigenvalue weighted by Gasteiger charge is 2.04. The minimum Gasteiger partial charge on any atom is -0.438 e. The Morgan fingerprint density at radius 3 is 2.81 bits per heavy atom. The smallest absolute Gasteiger partial charge is 0.225 e. The molecule has 0 atom stereocenters. The van der Waals surface area contributed by atoms with Crippen molar-refractivity contribution in [2.45, 2.75) is 6.92 Å². The maximum Gasteiger partial charge on any atom is 0.225 e. The van der Waals surface area contributed by atoms with E-state index in [1.807, 2.05) is 25.1 Å². The molecule has 0 unspecified atom stereocenters. The molecule has 0 amide bonds. The highest BCUT2D eigenvalue weighted by Crippen LogP contribution is 2.29. The molecule has 82 valence electrons. The fourth-order valence-corrected chi connectivity index (χ4v) is 1.89. The van der Waals surface area contributed by atoms with Crippen LogP contribution < -0.4 is 4.74 Å². The van der Waals surface area contributed by atoms with Gasteiger partial charge in [0.2, 0.25) is 11.2 Å². The molecule has 2 rings (SSSR count). The van der Waals surface area contributed by atoms with Gasteiger partial charge in [-0.3, -0.25) is 0 Å². The van der Waals surface area contributed by atoms with Gasteiger partial charge >= 0.3 is 0 Å². The quantitative estimate of drug-likeness (QED) is 0.786. The number of aromatic nitrogens is 2. The van der Waals surface area contributed by atoms with E-state index in [9.17, 15) is 0 Å². The molecule has 1 heterocycles. The maximum atomic E-state index is 5.66. The Bertz CT molecular complexity index is 519. The summed E-state index contributed by atoms with van der Waals surface area (Å²) >= 11 is 9.08. The predicted octanol–water partition coefficient (Wildman–Crippen LogP) is 3.99. The first-order valence-corrected chi connectivity index (χ1v) is 5.75. The molecule has 0 bridgehead atoms. The van der Waals surface area contributed by atoms with Crippen molar-refractivity contribution in [2.75, 3.05) is 0 Å². The average Bonchev–Trinajstić information content (AvgIpc) is 2.22. The third-order valence-corrected chi connectivity index (χ3v) is 2.70. The summed E-state index contributed by atoms with van der Waals surface area (Å²) in [7, 11) is 0. The topological polar surface area (TPSA) is 35.0 Å². The Balaban J connectivity index is 2.27. The SMILES string of the molecule is Cc1ccc(Oc2ccnc(Cl)n2)c(Br)c1. The summed E-state index contributed by atoms with van der Waals surface area (Å²) in [5, 5.41) is 0.167. The summed E-state index contributed by atoms with van der Waals surface area (Å²) < 4.78 is 6.44. The van der Waals surface area contributed by atoms with Crippen LogP contribution in [0.25, 0.3) is 0 Å². The van der Waals surface area contributed by atoms with Crippen LogP contribution in [0.4, 0.5) is 0 Å². The van der Waals surface area contributed by atoms with Crippen LogP contribution in [0.3, 0.4) is 0 Å². The number of benzene rings is 1. The predicted molar refractivity (Wildman–Crippen MR) is 66.0 cm³/mol. The zero-order chi connectivity index (χ0) is 11.5. The van der Waals surface area contributed by atoms with E-state index >= 15 is 0 Å². The molecule has 0 N–H and O–H groups in total. The first-order valence-electron chi connectivity index (χ1n) is 4.58.